The summed E-state index contributed by atoms with van der Waals surface area (Å²) in [4.78, 5) is 22.5. The van der Waals surface area contributed by atoms with Gasteiger partial charge in [-0.15, -0.1) is 0 Å². The molecular weight excluding hydrogens is 328 g/mol. The number of non-ortho nitro benzene ring substituents is 1. The average molecular weight is 342 g/mol. The fraction of sp³-hybridized carbons (Fsp3) is 0.125. The van der Waals surface area contributed by atoms with E-state index >= 15 is 0 Å². The number of carbonyl (C=O) groups excluding carboxylic acids is 1. The van der Waals surface area contributed by atoms with E-state index in [1.807, 2.05) is 30.1 Å². The molecule has 1 amide bonds. The van der Waals surface area contributed by atoms with E-state index in [-0.39, 0.29) is 22.8 Å². The number of fused-ring (bicyclic) bond motifs is 1. The number of nitro groups is 1. The molecule has 0 radical (unpaired) electrons. The number of hydrogen-bond donors (Lipinski definition) is 1. The SMILES string of the molecule is COc1cc([N+](=O)[O-])cc2cc(C(=O)N/N=C\c3ccn(C)c3)oc12. The van der Waals surface area contributed by atoms with Crippen LogP contribution < -0.4 is 10.2 Å². The molecule has 0 aliphatic carbocycles. The van der Waals surface area contributed by atoms with Crippen molar-refractivity contribution < 1.29 is 18.9 Å². The van der Waals surface area contributed by atoms with Crippen LogP contribution in [0.5, 0.6) is 5.75 Å². The molecule has 2 aromatic heterocycles. The van der Waals surface area contributed by atoms with Crippen LogP contribution in [-0.2, 0) is 7.05 Å². The molecule has 1 N–H and O–H groups in total. The third kappa shape index (κ3) is 3.34. The Kier molecular flexibility index (Phi) is 4.21. The summed E-state index contributed by atoms with van der Waals surface area (Å²) in [5.41, 5.74) is 3.27. The maximum absolute atomic E-state index is 12.1. The summed E-state index contributed by atoms with van der Waals surface area (Å²) in [7, 11) is 3.24. The maximum atomic E-state index is 12.1. The second-order valence-corrected chi connectivity index (χ2v) is 5.24. The number of ether oxygens (including phenoxy) is 1. The Bertz CT molecular complexity index is 986. The number of amides is 1. The lowest BCUT2D eigenvalue weighted by Gasteiger charge is -2.00. The Morgan fingerprint density at radius 3 is 2.88 bits per heavy atom. The average Bonchev–Trinajstić information content (AvgIpc) is 3.19. The lowest BCUT2D eigenvalue weighted by molar-refractivity contribution is -0.384. The minimum Gasteiger partial charge on any atom is -0.493 e. The molecule has 0 aliphatic rings. The van der Waals surface area contributed by atoms with Crippen LogP contribution in [0.25, 0.3) is 11.0 Å². The molecule has 0 atom stereocenters. The summed E-state index contributed by atoms with van der Waals surface area (Å²) in [6.45, 7) is 0. The van der Waals surface area contributed by atoms with Crippen molar-refractivity contribution in [2.45, 2.75) is 0 Å². The van der Waals surface area contributed by atoms with Crippen LogP contribution in [0, 0.1) is 10.1 Å². The van der Waals surface area contributed by atoms with Gasteiger partial charge in [-0.3, -0.25) is 14.9 Å². The molecule has 0 fully saturated rings. The highest BCUT2D eigenvalue weighted by Gasteiger charge is 2.19. The van der Waals surface area contributed by atoms with E-state index in [9.17, 15) is 14.9 Å². The molecule has 0 bridgehead atoms. The predicted molar refractivity (Wildman–Crippen MR) is 89.9 cm³/mol. The smallest absolute Gasteiger partial charge is 0.307 e. The molecule has 0 spiro atoms. The van der Waals surface area contributed by atoms with Crippen molar-refractivity contribution in [3.63, 3.8) is 0 Å². The molecule has 3 rings (SSSR count). The van der Waals surface area contributed by atoms with Crippen LogP contribution in [0.3, 0.4) is 0 Å². The molecule has 25 heavy (non-hydrogen) atoms. The van der Waals surface area contributed by atoms with Gasteiger partial charge in [0.2, 0.25) is 0 Å². The largest absolute Gasteiger partial charge is 0.493 e. The predicted octanol–water partition coefficient (Wildman–Crippen LogP) is 2.45. The van der Waals surface area contributed by atoms with Crippen LogP contribution in [0.15, 0.2) is 46.2 Å². The number of nitro benzene ring substituents is 1. The molecule has 3 aromatic rings. The third-order valence-electron chi connectivity index (χ3n) is 3.46. The highest BCUT2D eigenvalue weighted by molar-refractivity contribution is 5.98. The molecule has 0 saturated carbocycles. The Morgan fingerprint density at radius 2 is 2.24 bits per heavy atom. The fourth-order valence-electron chi connectivity index (χ4n) is 2.30. The normalized spacial score (nSPS) is 11.1. The van der Waals surface area contributed by atoms with Gasteiger partial charge in [0.05, 0.1) is 24.3 Å². The standard InChI is InChI=1S/C16H14N4O5/c1-19-4-3-10(9-19)8-17-18-16(21)14-6-11-5-12(20(22)23)7-13(24-2)15(11)25-14/h3-9H,1-2H3,(H,18,21)/b17-8-. The van der Waals surface area contributed by atoms with E-state index in [0.29, 0.717) is 5.39 Å². The number of aryl methyl sites for hydroxylation is 1. The number of furan rings is 1. The Morgan fingerprint density at radius 1 is 1.44 bits per heavy atom. The van der Waals surface area contributed by atoms with Crippen molar-refractivity contribution in [1.82, 2.24) is 9.99 Å². The zero-order valence-corrected chi connectivity index (χ0v) is 13.4. The topological polar surface area (TPSA) is 112 Å². The number of nitrogens with one attached hydrogen (secondary N) is 1. The van der Waals surface area contributed by atoms with Gasteiger partial charge in [-0.2, -0.15) is 5.10 Å². The zero-order chi connectivity index (χ0) is 18.0. The summed E-state index contributed by atoms with van der Waals surface area (Å²) >= 11 is 0. The quantitative estimate of drug-likeness (QED) is 0.435. The van der Waals surface area contributed by atoms with Gasteiger partial charge in [-0.1, -0.05) is 0 Å². The number of carbonyl (C=O) groups is 1. The molecule has 0 unspecified atom stereocenters. The van der Waals surface area contributed by atoms with Crippen molar-refractivity contribution in [2.24, 2.45) is 12.1 Å². The molecule has 0 saturated heterocycles. The van der Waals surface area contributed by atoms with Crippen molar-refractivity contribution in [3.8, 4) is 5.75 Å². The summed E-state index contributed by atoms with van der Waals surface area (Å²) in [5.74, 6) is -0.428. The Hall–Kier alpha value is -3.62. The number of aromatic nitrogens is 1. The van der Waals surface area contributed by atoms with Gasteiger partial charge >= 0.3 is 5.91 Å². The van der Waals surface area contributed by atoms with Gasteiger partial charge in [0, 0.05) is 36.5 Å². The van der Waals surface area contributed by atoms with E-state index in [1.54, 1.807) is 0 Å². The summed E-state index contributed by atoms with van der Waals surface area (Å²) < 4.78 is 12.4. The van der Waals surface area contributed by atoms with Crippen molar-refractivity contribution >= 4 is 28.8 Å². The molecule has 2 heterocycles. The maximum Gasteiger partial charge on any atom is 0.307 e. The second kappa shape index (κ2) is 6.48. The minimum absolute atomic E-state index is 0.0287. The van der Waals surface area contributed by atoms with Gasteiger partial charge in [-0.25, -0.2) is 5.43 Å². The first-order valence-electron chi connectivity index (χ1n) is 7.19. The number of methoxy groups -OCH3 is 1. The molecule has 0 aliphatic heterocycles. The highest BCUT2D eigenvalue weighted by Crippen LogP contribution is 2.33. The summed E-state index contributed by atoms with van der Waals surface area (Å²) in [5, 5.41) is 15.2. The fourth-order valence-corrected chi connectivity index (χ4v) is 2.30. The number of rotatable bonds is 5. The van der Waals surface area contributed by atoms with Gasteiger partial charge in [0.1, 0.15) is 0 Å². The molecule has 1 aromatic carbocycles. The van der Waals surface area contributed by atoms with Gasteiger partial charge in [-0.05, 0) is 12.1 Å². The van der Waals surface area contributed by atoms with E-state index in [0.717, 1.165) is 5.56 Å². The van der Waals surface area contributed by atoms with Crippen molar-refractivity contribution in [3.05, 3.63) is 58.1 Å². The van der Waals surface area contributed by atoms with E-state index < -0.39 is 10.8 Å². The van der Waals surface area contributed by atoms with Gasteiger partial charge in [0.25, 0.3) is 5.69 Å². The minimum atomic E-state index is -0.576. The van der Waals surface area contributed by atoms with Gasteiger partial charge < -0.3 is 13.7 Å². The van der Waals surface area contributed by atoms with Crippen LogP contribution in [0.4, 0.5) is 5.69 Å². The van der Waals surface area contributed by atoms with Crippen molar-refractivity contribution in [1.29, 1.82) is 0 Å². The molecular formula is C16H14N4O5. The lowest BCUT2D eigenvalue weighted by atomic mass is 10.2. The Balaban J connectivity index is 1.84. The van der Waals surface area contributed by atoms with Crippen molar-refractivity contribution in [2.75, 3.05) is 7.11 Å². The van der Waals surface area contributed by atoms with Crippen LogP contribution in [0.2, 0.25) is 0 Å². The third-order valence-corrected chi connectivity index (χ3v) is 3.46. The first-order chi connectivity index (χ1) is 12.0. The van der Waals surface area contributed by atoms with E-state index in [2.05, 4.69) is 10.5 Å². The first kappa shape index (κ1) is 16.2. The molecule has 9 nitrogen and oxygen atoms in total. The number of benzene rings is 1. The first-order valence-corrected chi connectivity index (χ1v) is 7.19. The van der Waals surface area contributed by atoms with Crippen LogP contribution in [0.1, 0.15) is 16.1 Å². The summed E-state index contributed by atoms with van der Waals surface area (Å²) in [6.07, 6.45) is 5.18. The van der Waals surface area contributed by atoms with E-state index in [4.69, 9.17) is 9.15 Å². The zero-order valence-electron chi connectivity index (χ0n) is 13.4. The Labute approximate surface area is 141 Å². The number of hydrogen-bond acceptors (Lipinski definition) is 6. The number of hydrazone groups is 1. The number of nitrogens with zero attached hydrogens (tertiary/aromatic N) is 3. The second-order valence-electron chi connectivity index (χ2n) is 5.24. The van der Waals surface area contributed by atoms with Gasteiger partial charge in [0.15, 0.2) is 17.1 Å². The highest BCUT2D eigenvalue weighted by atomic mass is 16.6. The lowest BCUT2D eigenvalue weighted by Crippen LogP contribution is -2.16. The van der Waals surface area contributed by atoms with E-state index in [1.165, 1.54) is 31.5 Å². The molecule has 9 heteroatoms. The van der Waals surface area contributed by atoms with Crippen LogP contribution in [-0.4, -0.2) is 28.7 Å². The molecule has 128 valence electrons. The summed E-state index contributed by atoms with van der Waals surface area (Å²) in [6, 6.07) is 5.78. The monoisotopic (exact) mass is 342 g/mol. The van der Waals surface area contributed by atoms with Crippen LogP contribution >= 0.6 is 0 Å².